The molecule has 1 aromatic carbocycles. The van der Waals surface area contributed by atoms with Crippen LogP contribution in [0.3, 0.4) is 0 Å². The fourth-order valence-electron chi connectivity index (χ4n) is 1.35. The quantitative estimate of drug-likeness (QED) is 0.816. The largest absolute Gasteiger partial charge is 0.487 e. The molecule has 0 aliphatic rings. The van der Waals surface area contributed by atoms with E-state index in [1.165, 1.54) is 0 Å². The standard InChI is InChI=1S/C11H15F2NO/c1-8-2-3-10(15-7-11(12)13)9(6-8)4-5-14/h2-3,6,11H,4-5,7,14H2,1H3. The fourth-order valence-corrected chi connectivity index (χ4v) is 1.35. The first-order chi connectivity index (χ1) is 7.13. The minimum absolute atomic E-state index is 0.481. The van der Waals surface area contributed by atoms with Gasteiger partial charge < -0.3 is 10.5 Å². The highest BCUT2D eigenvalue weighted by Crippen LogP contribution is 2.20. The van der Waals surface area contributed by atoms with E-state index in [-0.39, 0.29) is 0 Å². The van der Waals surface area contributed by atoms with Gasteiger partial charge in [0.05, 0.1) is 0 Å². The predicted octanol–water partition coefficient (Wildman–Crippen LogP) is 2.14. The van der Waals surface area contributed by atoms with Gasteiger partial charge in [-0.1, -0.05) is 17.7 Å². The van der Waals surface area contributed by atoms with E-state index < -0.39 is 13.0 Å². The number of alkyl halides is 2. The van der Waals surface area contributed by atoms with Crippen LogP contribution in [0, 0.1) is 6.92 Å². The van der Waals surface area contributed by atoms with Crippen molar-refractivity contribution < 1.29 is 13.5 Å². The lowest BCUT2D eigenvalue weighted by molar-refractivity contribution is 0.0814. The summed E-state index contributed by atoms with van der Waals surface area (Å²) < 4.78 is 28.9. The molecule has 0 saturated heterocycles. The first-order valence-electron chi connectivity index (χ1n) is 4.84. The predicted molar refractivity (Wildman–Crippen MR) is 55.4 cm³/mol. The first-order valence-corrected chi connectivity index (χ1v) is 4.84. The van der Waals surface area contributed by atoms with Crippen molar-refractivity contribution in [1.82, 2.24) is 0 Å². The molecule has 4 heteroatoms. The second-order valence-corrected chi connectivity index (χ2v) is 3.35. The van der Waals surface area contributed by atoms with E-state index in [9.17, 15) is 8.78 Å². The normalized spacial score (nSPS) is 10.7. The van der Waals surface area contributed by atoms with Crippen LogP contribution in [-0.4, -0.2) is 19.6 Å². The molecule has 0 aliphatic carbocycles. The van der Waals surface area contributed by atoms with Crippen LogP contribution in [-0.2, 0) is 6.42 Å². The maximum atomic E-state index is 12.0. The van der Waals surface area contributed by atoms with Crippen LogP contribution < -0.4 is 10.5 Å². The zero-order chi connectivity index (χ0) is 11.3. The Bertz CT molecular complexity index is 315. The van der Waals surface area contributed by atoms with Gasteiger partial charge in [-0.2, -0.15) is 0 Å². The molecular weight excluding hydrogens is 200 g/mol. The van der Waals surface area contributed by atoms with Crippen LogP contribution in [0.15, 0.2) is 18.2 Å². The Hall–Kier alpha value is -1.16. The number of rotatable bonds is 5. The molecule has 2 nitrogen and oxygen atoms in total. The summed E-state index contributed by atoms with van der Waals surface area (Å²) in [4.78, 5) is 0. The smallest absolute Gasteiger partial charge is 0.272 e. The summed E-state index contributed by atoms with van der Waals surface area (Å²) in [5.41, 5.74) is 7.39. The third-order valence-electron chi connectivity index (χ3n) is 1.99. The third kappa shape index (κ3) is 3.83. The second-order valence-electron chi connectivity index (χ2n) is 3.35. The van der Waals surface area contributed by atoms with E-state index in [1.54, 1.807) is 6.07 Å². The van der Waals surface area contributed by atoms with Crippen molar-refractivity contribution in [3.63, 3.8) is 0 Å². The van der Waals surface area contributed by atoms with Crippen molar-refractivity contribution in [2.24, 2.45) is 5.73 Å². The summed E-state index contributed by atoms with van der Waals surface area (Å²) in [5.74, 6) is 0.506. The molecule has 0 saturated carbocycles. The van der Waals surface area contributed by atoms with Crippen molar-refractivity contribution >= 4 is 0 Å². The maximum absolute atomic E-state index is 12.0. The topological polar surface area (TPSA) is 35.2 Å². The lowest BCUT2D eigenvalue weighted by atomic mass is 10.1. The molecule has 0 aliphatic heterocycles. The summed E-state index contributed by atoms with van der Waals surface area (Å²) in [6.45, 7) is 1.85. The Morgan fingerprint density at radius 3 is 2.73 bits per heavy atom. The average Bonchev–Trinajstić information content (AvgIpc) is 2.17. The molecule has 1 rings (SSSR count). The van der Waals surface area contributed by atoms with Crippen LogP contribution in [0.5, 0.6) is 5.75 Å². The minimum Gasteiger partial charge on any atom is -0.487 e. The molecule has 0 aromatic heterocycles. The number of ether oxygens (including phenoxy) is 1. The van der Waals surface area contributed by atoms with Crippen molar-refractivity contribution in [1.29, 1.82) is 0 Å². The van der Waals surface area contributed by atoms with E-state index >= 15 is 0 Å². The molecule has 0 bridgehead atoms. The molecule has 0 atom stereocenters. The number of aryl methyl sites for hydroxylation is 1. The van der Waals surface area contributed by atoms with E-state index in [2.05, 4.69) is 0 Å². The Kier molecular flexibility index (Phi) is 4.49. The van der Waals surface area contributed by atoms with Gasteiger partial charge in [-0.3, -0.25) is 0 Å². The molecule has 0 spiro atoms. The van der Waals surface area contributed by atoms with Gasteiger partial charge in [0, 0.05) is 0 Å². The number of benzene rings is 1. The lowest BCUT2D eigenvalue weighted by Gasteiger charge is -2.11. The van der Waals surface area contributed by atoms with Crippen LogP contribution in [0.1, 0.15) is 11.1 Å². The lowest BCUT2D eigenvalue weighted by Crippen LogP contribution is -2.10. The van der Waals surface area contributed by atoms with Crippen molar-refractivity contribution in [2.45, 2.75) is 19.8 Å². The van der Waals surface area contributed by atoms with Gasteiger partial charge >= 0.3 is 0 Å². The van der Waals surface area contributed by atoms with Crippen LogP contribution >= 0.6 is 0 Å². The highest BCUT2D eigenvalue weighted by Gasteiger charge is 2.07. The van der Waals surface area contributed by atoms with Gasteiger partial charge in [-0.05, 0) is 31.5 Å². The molecule has 0 radical (unpaired) electrons. The number of nitrogens with two attached hydrogens (primary N) is 1. The average molecular weight is 215 g/mol. The molecule has 15 heavy (non-hydrogen) atoms. The Balaban J connectivity index is 2.76. The molecule has 0 amide bonds. The third-order valence-corrected chi connectivity index (χ3v) is 1.99. The molecular formula is C11H15F2NO. The van der Waals surface area contributed by atoms with Gasteiger partial charge in [0.15, 0.2) is 0 Å². The minimum atomic E-state index is -2.45. The van der Waals surface area contributed by atoms with Gasteiger partial charge in [-0.25, -0.2) is 8.78 Å². The van der Waals surface area contributed by atoms with Gasteiger partial charge in [-0.15, -0.1) is 0 Å². The molecule has 1 aromatic rings. The SMILES string of the molecule is Cc1ccc(OCC(F)F)c(CCN)c1. The number of halogens is 2. The molecule has 0 heterocycles. The Labute approximate surface area is 88.0 Å². The van der Waals surface area contributed by atoms with E-state index in [4.69, 9.17) is 10.5 Å². The summed E-state index contributed by atoms with van der Waals surface area (Å²) in [7, 11) is 0. The van der Waals surface area contributed by atoms with Crippen molar-refractivity contribution in [3.8, 4) is 5.75 Å². The fraction of sp³-hybridized carbons (Fsp3) is 0.455. The van der Waals surface area contributed by atoms with Crippen molar-refractivity contribution in [3.05, 3.63) is 29.3 Å². The summed E-state index contributed by atoms with van der Waals surface area (Å²) >= 11 is 0. The molecule has 0 fully saturated rings. The number of hydrogen-bond donors (Lipinski definition) is 1. The van der Waals surface area contributed by atoms with Crippen molar-refractivity contribution in [2.75, 3.05) is 13.2 Å². The highest BCUT2D eigenvalue weighted by molar-refractivity contribution is 5.37. The highest BCUT2D eigenvalue weighted by atomic mass is 19.3. The molecule has 84 valence electrons. The Morgan fingerprint density at radius 1 is 1.40 bits per heavy atom. The second kappa shape index (κ2) is 5.66. The van der Waals surface area contributed by atoms with Gasteiger partial charge in [0.25, 0.3) is 6.43 Å². The summed E-state index contributed by atoms with van der Waals surface area (Å²) in [5, 5.41) is 0. The zero-order valence-corrected chi connectivity index (χ0v) is 8.67. The summed E-state index contributed by atoms with van der Waals surface area (Å²) in [6, 6.07) is 5.46. The van der Waals surface area contributed by atoms with Gasteiger partial charge in [0.2, 0.25) is 0 Å². The van der Waals surface area contributed by atoms with Crippen LogP contribution in [0.2, 0.25) is 0 Å². The molecule has 2 N–H and O–H groups in total. The zero-order valence-electron chi connectivity index (χ0n) is 8.67. The van der Waals surface area contributed by atoms with Crippen LogP contribution in [0.25, 0.3) is 0 Å². The Morgan fingerprint density at radius 2 is 2.13 bits per heavy atom. The summed E-state index contributed by atoms with van der Waals surface area (Å²) in [6.07, 6.45) is -1.81. The van der Waals surface area contributed by atoms with E-state index in [0.717, 1.165) is 11.1 Å². The molecule has 0 unspecified atom stereocenters. The maximum Gasteiger partial charge on any atom is 0.272 e. The first kappa shape index (κ1) is 11.9. The van der Waals surface area contributed by atoms with Crippen LogP contribution in [0.4, 0.5) is 8.78 Å². The van der Waals surface area contributed by atoms with Gasteiger partial charge in [0.1, 0.15) is 12.4 Å². The van der Waals surface area contributed by atoms with E-state index in [1.807, 2.05) is 19.1 Å². The van der Waals surface area contributed by atoms with E-state index in [0.29, 0.717) is 18.7 Å². The monoisotopic (exact) mass is 215 g/mol. The number of hydrogen-bond acceptors (Lipinski definition) is 2.